The van der Waals surface area contributed by atoms with Crippen molar-refractivity contribution in [2.24, 2.45) is 10.9 Å². The predicted molar refractivity (Wildman–Crippen MR) is 79.9 cm³/mol. The van der Waals surface area contributed by atoms with Crippen molar-refractivity contribution in [1.29, 1.82) is 0 Å². The van der Waals surface area contributed by atoms with Crippen LogP contribution in [-0.4, -0.2) is 22.5 Å². The second-order valence-electron chi connectivity index (χ2n) is 5.35. The van der Waals surface area contributed by atoms with Crippen LogP contribution in [0.2, 0.25) is 0 Å². The molecule has 1 aliphatic heterocycles. The van der Waals surface area contributed by atoms with Gasteiger partial charge < -0.3 is 5.32 Å². The summed E-state index contributed by atoms with van der Waals surface area (Å²) in [4.78, 5) is 4.88. The van der Waals surface area contributed by atoms with Crippen LogP contribution < -0.4 is 5.32 Å². The molecule has 1 atom stereocenters. The van der Waals surface area contributed by atoms with Crippen LogP contribution in [-0.2, 0) is 0 Å². The molecule has 0 aromatic carbocycles. The Hall–Kier alpha value is -0.180. The van der Waals surface area contributed by atoms with E-state index in [9.17, 15) is 0 Å². The van der Waals surface area contributed by atoms with Gasteiger partial charge in [-0.2, -0.15) is 0 Å². The summed E-state index contributed by atoms with van der Waals surface area (Å²) in [5.74, 6) is 1.87. The van der Waals surface area contributed by atoms with Gasteiger partial charge in [0.1, 0.15) is 0 Å². The van der Waals surface area contributed by atoms with Crippen LogP contribution in [0.5, 0.6) is 0 Å². The molecular weight excluding hydrogens is 228 g/mol. The molecule has 0 aromatic rings. The molecule has 0 amide bonds. The number of hydrogen-bond acceptors (Lipinski definition) is 3. The zero-order valence-corrected chi connectivity index (χ0v) is 12.9. The summed E-state index contributed by atoms with van der Waals surface area (Å²) in [5, 5.41) is 4.90. The van der Waals surface area contributed by atoms with Gasteiger partial charge in [0.05, 0.1) is 6.04 Å². The second-order valence-corrected chi connectivity index (χ2v) is 6.43. The van der Waals surface area contributed by atoms with E-state index in [1.807, 2.05) is 11.8 Å². The minimum absolute atomic E-state index is 0.255. The van der Waals surface area contributed by atoms with E-state index >= 15 is 0 Å². The third-order valence-electron chi connectivity index (χ3n) is 4.11. The van der Waals surface area contributed by atoms with Crippen LogP contribution in [0.25, 0.3) is 0 Å². The molecule has 1 N–H and O–H groups in total. The number of amidine groups is 1. The van der Waals surface area contributed by atoms with Crippen molar-refractivity contribution in [3.05, 3.63) is 0 Å². The van der Waals surface area contributed by atoms with Crippen molar-refractivity contribution >= 4 is 16.9 Å². The number of nitrogens with zero attached hydrogens (tertiary/aromatic N) is 1. The van der Waals surface area contributed by atoms with Crippen molar-refractivity contribution in [1.82, 2.24) is 5.32 Å². The fraction of sp³-hybridized carbons (Fsp3) is 0.929. The van der Waals surface area contributed by atoms with Gasteiger partial charge in [0.15, 0.2) is 5.17 Å². The lowest BCUT2D eigenvalue weighted by Gasteiger charge is -2.35. The van der Waals surface area contributed by atoms with Gasteiger partial charge in [0, 0.05) is 11.3 Å². The second kappa shape index (κ2) is 6.67. The van der Waals surface area contributed by atoms with E-state index in [4.69, 9.17) is 4.99 Å². The van der Waals surface area contributed by atoms with Gasteiger partial charge in [-0.1, -0.05) is 46.4 Å². The molecular formula is C14H28N2S. The van der Waals surface area contributed by atoms with Crippen LogP contribution in [0.4, 0.5) is 0 Å². The van der Waals surface area contributed by atoms with Crippen LogP contribution in [0.1, 0.15) is 60.3 Å². The first-order valence-electron chi connectivity index (χ1n) is 7.05. The maximum atomic E-state index is 4.88. The predicted octanol–water partition coefficient (Wildman–Crippen LogP) is 4.06. The smallest absolute Gasteiger partial charge is 0.157 e. The molecule has 0 saturated carbocycles. The van der Waals surface area contributed by atoms with E-state index in [-0.39, 0.29) is 5.54 Å². The Balaban J connectivity index is 2.72. The fourth-order valence-corrected chi connectivity index (χ4v) is 3.37. The number of nitrogens with one attached hydrogen (secondary N) is 1. The third-order valence-corrected chi connectivity index (χ3v) is 5.03. The molecule has 1 heterocycles. The maximum Gasteiger partial charge on any atom is 0.157 e. The van der Waals surface area contributed by atoms with Crippen LogP contribution in [0.15, 0.2) is 4.99 Å². The van der Waals surface area contributed by atoms with E-state index in [1.165, 1.54) is 36.6 Å². The molecule has 0 saturated heterocycles. The lowest BCUT2D eigenvalue weighted by Crippen LogP contribution is -2.47. The Kier molecular flexibility index (Phi) is 5.84. The van der Waals surface area contributed by atoms with Gasteiger partial charge in [-0.25, -0.2) is 0 Å². The number of aliphatic imine (C=N–C) groups is 1. The minimum atomic E-state index is 0.255. The van der Waals surface area contributed by atoms with Crippen molar-refractivity contribution in [2.45, 2.75) is 71.9 Å². The van der Waals surface area contributed by atoms with Gasteiger partial charge in [0.2, 0.25) is 0 Å². The average Bonchev–Trinajstić information content (AvgIpc) is 2.36. The molecule has 3 heteroatoms. The van der Waals surface area contributed by atoms with E-state index in [1.54, 1.807) is 0 Å². The summed E-state index contributed by atoms with van der Waals surface area (Å²) < 4.78 is 0. The van der Waals surface area contributed by atoms with Crippen molar-refractivity contribution in [3.63, 3.8) is 0 Å². The highest BCUT2D eigenvalue weighted by Gasteiger charge is 2.27. The Morgan fingerprint density at radius 2 is 1.88 bits per heavy atom. The summed E-state index contributed by atoms with van der Waals surface area (Å²) in [6.45, 7) is 11.4. The zero-order chi connectivity index (χ0) is 12.9. The van der Waals surface area contributed by atoms with Gasteiger partial charge >= 0.3 is 0 Å². The highest BCUT2D eigenvalue weighted by molar-refractivity contribution is 8.13. The maximum absolute atomic E-state index is 4.88. The lowest BCUT2D eigenvalue weighted by atomic mass is 9.90. The summed E-state index contributed by atoms with van der Waals surface area (Å²) in [6, 6.07) is 0.516. The Labute approximate surface area is 111 Å². The summed E-state index contributed by atoms with van der Waals surface area (Å²) in [6.07, 6.45) is 4.74. The molecule has 0 fully saturated rings. The number of thioether (sulfide) groups is 1. The zero-order valence-electron chi connectivity index (χ0n) is 12.0. The van der Waals surface area contributed by atoms with Crippen molar-refractivity contribution in [3.8, 4) is 0 Å². The lowest BCUT2D eigenvalue weighted by molar-refractivity contribution is 0.339. The van der Waals surface area contributed by atoms with Gasteiger partial charge in [-0.3, -0.25) is 4.99 Å². The molecule has 0 spiro atoms. The SMILES string of the molecule is CCC(CC)(CC)NC1=NC(C(C)C)CCS1. The molecule has 1 rings (SSSR count). The van der Waals surface area contributed by atoms with E-state index in [0.29, 0.717) is 12.0 Å². The quantitative estimate of drug-likeness (QED) is 0.802. The molecule has 1 unspecified atom stereocenters. The Bertz CT molecular complexity index is 249. The van der Waals surface area contributed by atoms with E-state index in [0.717, 1.165) is 0 Å². The van der Waals surface area contributed by atoms with E-state index in [2.05, 4.69) is 39.9 Å². The molecule has 0 aliphatic carbocycles. The van der Waals surface area contributed by atoms with Crippen molar-refractivity contribution in [2.75, 3.05) is 5.75 Å². The monoisotopic (exact) mass is 256 g/mol. The van der Waals surface area contributed by atoms with Gasteiger partial charge in [-0.05, 0) is 31.6 Å². The summed E-state index contributed by atoms with van der Waals surface area (Å²) >= 11 is 1.90. The molecule has 17 heavy (non-hydrogen) atoms. The molecule has 0 bridgehead atoms. The first kappa shape index (κ1) is 14.9. The molecule has 100 valence electrons. The summed E-state index contributed by atoms with van der Waals surface area (Å²) in [5.41, 5.74) is 0.255. The van der Waals surface area contributed by atoms with Crippen LogP contribution in [0, 0.1) is 5.92 Å². The largest absolute Gasteiger partial charge is 0.360 e. The average molecular weight is 256 g/mol. The first-order valence-corrected chi connectivity index (χ1v) is 8.04. The fourth-order valence-electron chi connectivity index (χ4n) is 2.32. The number of hydrogen-bond donors (Lipinski definition) is 1. The van der Waals surface area contributed by atoms with Crippen LogP contribution in [0.3, 0.4) is 0 Å². The van der Waals surface area contributed by atoms with Gasteiger partial charge in [0.25, 0.3) is 0 Å². The Morgan fingerprint density at radius 1 is 1.29 bits per heavy atom. The van der Waals surface area contributed by atoms with Gasteiger partial charge in [-0.15, -0.1) is 0 Å². The molecule has 2 nitrogen and oxygen atoms in total. The Morgan fingerprint density at radius 3 is 2.35 bits per heavy atom. The standard InChI is InChI=1S/C14H28N2S/c1-6-14(7-2,8-3)16-13-15-12(11(4)5)9-10-17-13/h11-12H,6-10H2,1-5H3,(H,15,16). The van der Waals surface area contributed by atoms with Crippen LogP contribution >= 0.6 is 11.8 Å². The highest BCUT2D eigenvalue weighted by atomic mass is 32.2. The minimum Gasteiger partial charge on any atom is -0.360 e. The third kappa shape index (κ3) is 3.90. The first-order chi connectivity index (χ1) is 8.06. The molecule has 0 aromatic heterocycles. The number of rotatable bonds is 5. The molecule has 0 radical (unpaired) electrons. The molecule has 1 aliphatic rings. The topological polar surface area (TPSA) is 24.4 Å². The van der Waals surface area contributed by atoms with Crippen molar-refractivity contribution < 1.29 is 0 Å². The van der Waals surface area contributed by atoms with E-state index < -0.39 is 0 Å². The highest BCUT2D eigenvalue weighted by Crippen LogP contribution is 2.26. The summed E-state index contributed by atoms with van der Waals surface area (Å²) in [7, 11) is 0. The normalized spacial score (nSPS) is 21.5.